The molecule has 1 aliphatic heterocycles. The molecule has 0 saturated heterocycles. The van der Waals surface area contributed by atoms with E-state index in [-0.39, 0.29) is 28.1 Å². The molecular formula is C20H18ClF3N4O. The zero-order valence-corrected chi connectivity index (χ0v) is 16.1. The fourth-order valence-electron chi connectivity index (χ4n) is 4.07. The second-order valence-corrected chi connectivity index (χ2v) is 7.76. The number of halogens is 4. The summed E-state index contributed by atoms with van der Waals surface area (Å²) >= 11 is 5.90. The van der Waals surface area contributed by atoms with Gasteiger partial charge in [-0.25, -0.2) is 9.78 Å². The Bertz CT molecular complexity index is 1010. The molecule has 0 fully saturated rings. The highest BCUT2D eigenvalue weighted by Gasteiger charge is 2.48. The Balaban J connectivity index is 1.45. The molecule has 9 heteroatoms. The van der Waals surface area contributed by atoms with Crippen LogP contribution in [0.25, 0.3) is 0 Å². The topological polar surface area (TPSA) is 59.0 Å². The van der Waals surface area contributed by atoms with E-state index in [1.807, 2.05) is 18.3 Å². The molecule has 2 amide bonds. The highest BCUT2D eigenvalue weighted by molar-refractivity contribution is 6.33. The second-order valence-electron chi connectivity index (χ2n) is 7.36. The number of anilines is 1. The van der Waals surface area contributed by atoms with Gasteiger partial charge in [0.25, 0.3) is 0 Å². The number of benzene rings is 1. The number of fused-ring (bicyclic) bond motifs is 3. The van der Waals surface area contributed by atoms with E-state index >= 15 is 0 Å². The van der Waals surface area contributed by atoms with Crippen molar-refractivity contribution in [1.82, 2.24) is 14.9 Å². The number of nitrogens with one attached hydrogen (secondary N) is 2. The molecule has 29 heavy (non-hydrogen) atoms. The van der Waals surface area contributed by atoms with Crippen molar-refractivity contribution in [2.75, 3.05) is 11.9 Å². The van der Waals surface area contributed by atoms with Gasteiger partial charge < -0.3 is 15.2 Å². The lowest BCUT2D eigenvalue weighted by Gasteiger charge is -2.34. The maximum Gasteiger partial charge on any atom is 0.416 e. The van der Waals surface area contributed by atoms with Gasteiger partial charge in [0.15, 0.2) is 0 Å². The molecule has 4 rings (SSSR count). The van der Waals surface area contributed by atoms with E-state index in [0.717, 1.165) is 23.9 Å². The maximum atomic E-state index is 12.7. The molecule has 152 valence electrons. The summed E-state index contributed by atoms with van der Waals surface area (Å²) in [7, 11) is 0. The predicted molar refractivity (Wildman–Crippen MR) is 104 cm³/mol. The van der Waals surface area contributed by atoms with E-state index in [1.165, 1.54) is 0 Å². The first-order valence-electron chi connectivity index (χ1n) is 8.99. The highest BCUT2D eigenvalue weighted by Crippen LogP contribution is 2.53. The Hall–Kier alpha value is -2.74. The number of carbonyl (C=O) groups is 1. The molecule has 3 unspecified atom stereocenters. The smallest absolute Gasteiger partial charge is 0.336 e. The van der Waals surface area contributed by atoms with Gasteiger partial charge in [-0.1, -0.05) is 42.8 Å². The number of aromatic nitrogens is 2. The van der Waals surface area contributed by atoms with Crippen LogP contribution >= 0.6 is 11.6 Å². The van der Waals surface area contributed by atoms with Gasteiger partial charge in [0.1, 0.15) is 0 Å². The summed E-state index contributed by atoms with van der Waals surface area (Å²) in [4.78, 5) is 16.6. The van der Waals surface area contributed by atoms with Crippen molar-refractivity contribution in [3.8, 4) is 0 Å². The third-order valence-corrected chi connectivity index (χ3v) is 5.92. The Morgan fingerprint density at radius 3 is 2.86 bits per heavy atom. The highest BCUT2D eigenvalue weighted by atomic mass is 35.5. The van der Waals surface area contributed by atoms with Gasteiger partial charge in [0.05, 0.1) is 28.6 Å². The van der Waals surface area contributed by atoms with Crippen LogP contribution < -0.4 is 10.6 Å². The van der Waals surface area contributed by atoms with Crippen molar-refractivity contribution in [2.24, 2.45) is 5.41 Å². The quantitative estimate of drug-likeness (QED) is 0.718. The number of allylic oxidation sites excluding steroid dienone is 4. The monoisotopic (exact) mass is 422 g/mol. The lowest BCUT2D eigenvalue weighted by Crippen LogP contribution is -2.38. The van der Waals surface area contributed by atoms with Crippen LogP contribution in [-0.2, 0) is 6.18 Å². The normalized spacial score (nSPS) is 24.9. The Morgan fingerprint density at radius 1 is 1.34 bits per heavy atom. The molecule has 2 aromatic rings. The van der Waals surface area contributed by atoms with Crippen LogP contribution in [-0.4, -0.2) is 22.1 Å². The number of rotatable bonds is 3. The van der Waals surface area contributed by atoms with Crippen LogP contribution in [0, 0.1) is 5.41 Å². The maximum absolute atomic E-state index is 12.7. The number of imidazole rings is 1. The number of hydrogen-bond acceptors (Lipinski definition) is 2. The Kier molecular flexibility index (Phi) is 4.69. The van der Waals surface area contributed by atoms with Crippen molar-refractivity contribution in [2.45, 2.75) is 25.1 Å². The van der Waals surface area contributed by atoms with Crippen LogP contribution in [0.15, 0.2) is 55.0 Å². The molecule has 1 aromatic heterocycles. The minimum atomic E-state index is -4.50. The van der Waals surface area contributed by atoms with Crippen molar-refractivity contribution in [1.29, 1.82) is 0 Å². The van der Waals surface area contributed by atoms with E-state index in [1.54, 1.807) is 6.33 Å². The van der Waals surface area contributed by atoms with Gasteiger partial charge in [-0.15, -0.1) is 0 Å². The molecule has 0 saturated carbocycles. The van der Waals surface area contributed by atoms with E-state index in [4.69, 9.17) is 11.6 Å². The van der Waals surface area contributed by atoms with Crippen molar-refractivity contribution in [3.05, 3.63) is 71.3 Å². The molecule has 1 aliphatic carbocycles. The molecule has 1 aromatic carbocycles. The fraction of sp³-hybridized carbons (Fsp3) is 0.300. The Morgan fingerprint density at radius 2 is 2.14 bits per heavy atom. The van der Waals surface area contributed by atoms with E-state index in [2.05, 4.69) is 39.3 Å². The number of carbonyl (C=O) groups excluding carboxylic acids is 1. The predicted octanol–water partition coefficient (Wildman–Crippen LogP) is 5.15. The minimum absolute atomic E-state index is 0.0555. The van der Waals surface area contributed by atoms with Crippen molar-refractivity contribution in [3.63, 3.8) is 0 Å². The van der Waals surface area contributed by atoms with Gasteiger partial charge in [-0.05, 0) is 18.2 Å². The Labute approximate surface area is 170 Å². The first-order chi connectivity index (χ1) is 13.7. The van der Waals surface area contributed by atoms with E-state index < -0.39 is 17.8 Å². The third-order valence-electron chi connectivity index (χ3n) is 5.61. The van der Waals surface area contributed by atoms with Gasteiger partial charge in [0, 0.05) is 29.8 Å². The lowest BCUT2D eigenvalue weighted by molar-refractivity contribution is -0.137. The van der Waals surface area contributed by atoms with Crippen LogP contribution in [0.5, 0.6) is 0 Å². The van der Waals surface area contributed by atoms with Crippen LogP contribution in [0.2, 0.25) is 5.02 Å². The van der Waals surface area contributed by atoms with Gasteiger partial charge in [-0.2, -0.15) is 13.2 Å². The summed E-state index contributed by atoms with van der Waals surface area (Å²) in [5.41, 5.74) is 0.0949. The summed E-state index contributed by atoms with van der Waals surface area (Å²) in [5, 5.41) is 5.13. The average molecular weight is 423 g/mol. The number of urea groups is 1. The molecule has 2 aliphatic rings. The molecule has 0 spiro atoms. The SMILES string of the molecule is CC12C=CC=CC1c1cncn1C2CNC(=O)Nc1ccc(C(F)(F)F)cc1Cl. The summed E-state index contributed by atoms with van der Waals surface area (Å²) < 4.78 is 40.3. The first-order valence-corrected chi connectivity index (χ1v) is 9.37. The second kappa shape index (κ2) is 6.95. The summed E-state index contributed by atoms with van der Waals surface area (Å²) in [6.45, 7) is 2.44. The molecule has 0 bridgehead atoms. The molecule has 2 heterocycles. The minimum Gasteiger partial charge on any atom is -0.336 e. The van der Waals surface area contributed by atoms with Crippen molar-refractivity contribution < 1.29 is 18.0 Å². The van der Waals surface area contributed by atoms with Crippen LogP contribution in [0.1, 0.15) is 30.1 Å². The standard InChI is InChI=1S/C20H18ClF3N4O/c1-19-7-3-2-4-13(19)16-9-25-11-28(16)17(19)10-26-18(29)27-15-6-5-12(8-14(15)21)20(22,23)24/h2-9,11,13,17H,10H2,1H3,(H2,26,27,29). The first kappa shape index (κ1) is 19.6. The zero-order valence-electron chi connectivity index (χ0n) is 15.4. The zero-order chi connectivity index (χ0) is 20.8. The number of alkyl halides is 3. The number of nitrogens with zero attached hydrogens (tertiary/aromatic N) is 2. The number of amides is 2. The third kappa shape index (κ3) is 3.42. The van der Waals surface area contributed by atoms with E-state index in [9.17, 15) is 18.0 Å². The molecule has 5 nitrogen and oxygen atoms in total. The van der Waals surface area contributed by atoms with E-state index in [0.29, 0.717) is 6.54 Å². The fourth-order valence-corrected chi connectivity index (χ4v) is 4.30. The lowest BCUT2D eigenvalue weighted by atomic mass is 9.71. The van der Waals surface area contributed by atoms with Gasteiger partial charge >= 0.3 is 12.2 Å². The summed E-state index contributed by atoms with van der Waals surface area (Å²) in [6, 6.07) is 2.20. The summed E-state index contributed by atoms with van der Waals surface area (Å²) in [5.74, 6) is 0.161. The average Bonchev–Trinajstić information content (AvgIpc) is 3.19. The largest absolute Gasteiger partial charge is 0.416 e. The molecular weight excluding hydrogens is 405 g/mol. The molecule has 3 atom stereocenters. The summed E-state index contributed by atoms with van der Waals surface area (Å²) in [6.07, 6.45) is 7.32. The van der Waals surface area contributed by atoms with Gasteiger partial charge in [-0.3, -0.25) is 0 Å². The molecule has 0 radical (unpaired) electrons. The van der Waals surface area contributed by atoms with Crippen LogP contribution in [0.4, 0.5) is 23.7 Å². The van der Waals surface area contributed by atoms with Gasteiger partial charge in [0.2, 0.25) is 0 Å². The van der Waals surface area contributed by atoms with Crippen molar-refractivity contribution >= 4 is 23.3 Å². The van der Waals surface area contributed by atoms with Crippen LogP contribution in [0.3, 0.4) is 0 Å². The molecule has 2 N–H and O–H groups in total. The number of hydrogen-bond donors (Lipinski definition) is 2.